The number of hydrogen-bond acceptors (Lipinski definition) is 2. The van der Waals surface area contributed by atoms with Gasteiger partial charge in [0, 0.05) is 12.1 Å². The predicted octanol–water partition coefficient (Wildman–Crippen LogP) is 3.61. The zero-order valence-corrected chi connectivity index (χ0v) is 12.4. The van der Waals surface area contributed by atoms with E-state index in [-0.39, 0.29) is 5.78 Å². The molecule has 0 aliphatic heterocycles. The second-order valence-corrected chi connectivity index (χ2v) is 5.87. The van der Waals surface area contributed by atoms with Crippen LogP contribution in [0.15, 0.2) is 18.2 Å². The lowest BCUT2D eigenvalue weighted by molar-refractivity contribution is 0.0904. The molecule has 0 amide bonds. The molecule has 1 aromatic carbocycles. The molecule has 2 heteroatoms. The van der Waals surface area contributed by atoms with Crippen LogP contribution in [0.4, 0.5) is 0 Å². The van der Waals surface area contributed by atoms with Gasteiger partial charge in [-0.25, -0.2) is 0 Å². The highest BCUT2D eigenvalue weighted by molar-refractivity contribution is 5.99. The van der Waals surface area contributed by atoms with Gasteiger partial charge in [0.1, 0.15) is 0 Å². The second-order valence-electron chi connectivity index (χ2n) is 5.87. The first-order chi connectivity index (χ1) is 9.10. The van der Waals surface area contributed by atoms with Gasteiger partial charge in [-0.15, -0.1) is 0 Å². The molecule has 19 heavy (non-hydrogen) atoms. The third-order valence-electron chi connectivity index (χ3n) is 4.25. The Morgan fingerprint density at radius 1 is 1.32 bits per heavy atom. The van der Waals surface area contributed by atoms with Crippen molar-refractivity contribution in [3.05, 3.63) is 34.9 Å². The summed E-state index contributed by atoms with van der Waals surface area (Å²) in [6, 6.07) is 6.14. The van der Waals surface area contributed by atoms with Gasteiger partial charge >= 0.3 is 0 Å². The van der Waals surface area contributed by atoms with E-state index in [4.69, 9.17) is 0 Å². The van der Waals surface area contributed by atoms with Crippen LogP contribution in [0.1, 0.15) is 47.7 Å². The number of benzene rings is 1. The molecule has 0 aromatic heterocycles. The van der Waals surface area contributed by atoms with Gasteiger partial charge in [0.25, 0.3) is 0 Å². The first-order valence-corrected chi connectivity index (χ1v) is 7.43. The molecular formula is C17H25NO. The Kier molecular flexibility index (Phi) is 4.76. The minimum absolute atomic E-state index is 0.266. The maximum atomic E-state index is 12.4. The van der Waals surface area contributed by atoms with Gasteiger partial charge < -0.3 is 0 Å². The Morgan fingerprint density at radius 2 is 2.05 bits per heavy atom. The van der Waals surface area contributed by atoms with E-state index in [0.717, 1.165) is 35.7 Å². The van der Waals surface area contributed by atoms with Crippen molar-refractivity contribution < 1.29 is 4.79 Å². The van der Waals surface area contributed by atoms with E-state index < -0.39 is 0 Å². The SMILES string of the molecule is CCN(CC(=O)c1cc(C)ccc1C)CC1CCC1. The van der Waals surface area contributed by atoms with Crippen LogP contribution in [0, 0.1) is 19.8 Å². The minimum Gasteiger partial charge on any atom is -0.296 e. The van der Waals surface area contributed by atoms with Crippen molar-refractivity contribution in [2.24, 2.45) is 5.92 Å². The average Bonchev–Trinajstić information content (AvgIpc) is 2.34. The molecule has 0 atom stereocenters. The summed E-state index contributed by atoms with van der Waals surface area (Å²) in [5, 5.41) is 0. The van der Waals surface area contributed by atoms with Gasteiger partial charge in [-0.05, 0) is 50.8 Å². The fourth-order valence-corrected chi connectivity index (χ4v) is 2.67. The predicted molar refractivity (Wildman–Crippen MR) is 79.7 cm³/mol. The van der Waals surface area contributed by atoms with Crippen LogP contribution >= 0.6 is 0 Å². The minimum atomic E-state index is 0.266. The average molecular weight is 259 g/mol. The standard InChI is InChI=1S/C17H25NO/c1-4-18(11-15-6-5-7-15)12-17(19)16-10-13(2)8-9-14(16)3/h8-10,15H,4-7,11-12H2,1-3H3. The van der Waals surface area contributed by atoms with Crippen LogP contribution in [0.2, 0.25) is 0 Å². The molecule has 2 rings (SSSR count). The summed E-state index contributed by atoms with van der Waals surface area (Å²) in [7, 11) is 0. The van der Waals surface area contributed by atoms with Gasteiger partial charge in [0.05, 0.1) is 6.54 Å². The van der Waals surface area contributed by atoms with Crippen LogP contribution in [0.3, 0.4) is 0 Å². The highest BCUT2D eigenvalue weighted by Gasteiger charge is 2.21. The van der Waals surface area contributed by atoms with E-state index in [1.54, 1.807) is 0 Å². The molecule has 0 spiro atoms. The third kappa shape index (κ3) is 3.66. The molecule has 0 saturated heterocycles. The van der Waals surface area contributed by atoms with E-state index in [9.17, 15) is 4.79 Å². The Labute approximate surface area is 116 Å². The molecule has 1 aliphatic rings. The Morgan fingerprint density at radius 3 is 2.63 bits per heavy atom. The number of likely N-dealkylation sites (N-methyl/N-ethyl adjacent to an activating group) is 1. The molecule has 0 unspecified atom stereocenters. The van der Waals surface area contributed by atoms with Gasteiger partial charge in [0.2, 0.25) is 0 Å². The molecule has 1 aromatic rings. The van der Waals surface area contributed by atoms with Crippen molar-refractivity contribution in [2.45, 2.75) is 40.0 Å². The largest absolute Gasteiger partial charge is 0.296 e. The topological polar surface area (TPSA) is 20.3 Å². The van der Waals surface area contributed by atoms with E-state index in [2.05, 4.69) is 17.9 Å². The quantitative estimate of drug-likeness (QED) is 0.727. The molecule has 0 bridgehead atoms. The van der Waals surface area contributed by atoms with E-state index in [1.807, 2.05) is 26.0 Å². The molecule has 104 valence electrons. The summed E-state index contributed by atoms with van der Waals surface area (Å²) in [6.07, 6.45) is 4.05. The summed E-state index contributed by atoms with van der Waals surface area (Å²) in [5.41, 5.74) is 3.15. The molecular weight excluding hydrogens is 234 g/mol. The van der Waals surface area contributed by atoms with Gasteiger partial charge in [0.15, 0.2) is 5.78 Å². The second kappa shape index (κ2) is 6.33. The van der Waals surface area contributed by atoms with Crippen molar-refractivity contribution in [3.8, 4) is 0 Å². The number of rotatable bonds is 6. The summed E-state index contributed by atoms with van der Waals surface area (Å²) >= 11 is 0. The third-order valence-corrected chi connectivity index (χ3v) is 4.25. The van der Waals surface area contributed by atoms with Crippen molar-refractivity contribution in [3.63, 3.8) is 0 Å². The Hall–Kier alpha value is -1.15. The Bertz CT molecular complexity index is 449. The van der Waals surface area contributed by atoms with E-state index >= 15 is 0 Å². The van der Waals surface area contributed by atoms with Crippen molar-refractivity contribution in [1.29, 1.82) is 0 Å². The first kappa shape index (κ1) is 14.3. The molecule has 0 N–H and O–H groups in total. The fraction of sp³-hybridized carbons (Fsp3) is 0.588. The molecule has 2 nitrogen and oxygen atoms in total. The number of hydrogen-bond donors (Lipinski definition) is 0. The highest BCUT2D eigenvalue weighted by Crippen LogP contribution is 2.27. The van der Waals surface area contributed by atoms with Crippen molar-refractivity contribution >= 4 is 5.78 Å². The number of Topliss-reactive ketones (excluding diaryl/α,β-unsaturated/α-hetero) is 1. The zero-order valence-electron chi connectivity index (χ0n) is 12.4. The van der Waals surface area contributed by atoms with E-state index in [1.165, 1.54) is 19.3 Å². The zero-order chi connectivity index (χ0) is 13.8. The summed E-state index contributed by atoms with van der Waals surface area (Å²) in [5.74, 6) is 1.09. The van der Waals surface area contributed by atoms with Crippen LogP contribution < -0.4 is 0 Å². The smallest absolute Gasteiger partial charge is 0.177 e. The van der Waals surface area contributed by atoms with Crippen LogP contribution in [-0.4, -0.2) is 30.3 Å². The lowest BCUT2D eigenvalue weighted by Gasteiger charge is -2.31. The lowest BCUT2D eigenvalue weighted by atomic mass is 9.85. The fourth-order valence-electron chi connectivity index (χ4n) is 2.67. The summed E-state index contributed by atoms with van der Waals surface area (Å²) < 4.78 is 0. The summed E-state index contributed by atoms with van der Waals surface area (Å²) in [6.45, 7) is 8.84. The number of aryl methyl sites for hydroxylation is 2. The number of carbonyl (C=O) groups excluding carboxylic acids is 1. The van der Waals surface area contributed by atoms with Crippen LogP contribution in [0.5, 0.6) is 0 Å². The van der Waals surface area contributed by atoms with E-state index in [0.29, 0.717) is 6.54 Å². The number of carbonyl (C=O) groups is 1. The maximum Gasteiger partial charge on any atom is 0.177 e. The highest BCUT2D eigenvalue weighted by atomic mass is 16.1. The molecule has 0 heterocycles. The Balaban J connectivity index is 1.99. The van der Waals surface area contributed by atoms with Crippen molar-refractivity contribution in [2.75, 3.05) is 19.6 Å². The van der Waals surface area contributed by atoms with Crippen LogP contribution in [-0.2, 0) is 0 Å². The maximum absolute atomic E-state index is 12.4. The first-order valence-electron chi connectivity index (χ1n) is 7.43. The monoisotopic (exact) mass is 259 g/mol. The molecule has 1 fully saturated rings. The van der Waals surface area contributed by atoms with Crippen molar-refractivity contribution in [1.82, 2.24) is 4.90 Å². The molecule has 1 saturated carbocycles. The normalized spacial score (nSPS) is 15.6. The molecule has 0 radical (unpaired) electrons. The lowest BCUT2D eigenvalue weighted by Crippen LogP contribution is -2.36. The number of nitrogens with zero attached hydrogens (tertiary/aromatic N) is 1. The molecule has 1 aliphatic carbocycles. The van der Waals surface area contributed by atoms with Gasteiger partial charge in [-0.2, -0.15) is 0 Å². The van der Waals surface area contributed by atoms with Gasteiger partial charge in [-0.1, -0.05) is 31.0 Å². The van der Waals surface area contributed by atoms with Crippen LogP contribution in [0.25, 0.3) is 0 Å². The van der Waals surface area contributed by atoms with Gasteiger partial charge in [-0.3, -0.25) is 9.69 Å². The summed E-state index contributed by atoms with van der Waals surface area (Å²) in [4.78, 5) is 14.7. The number of ketones is 1.